The van der Waals surface area contributed by atoms with Gasteiger partial charge in [0.2, 0.25) is 0 Å². The first kappa shape index (κ1) is 16.4. The lowest BCUT2D eigenvalue weighted by Gasteiger charge is -2.20. The van der Waals surface area contributed by atoms with Crippen LogP contribution in [0.2, 0.25) is 0 Å². The second kappa shape index (κ2) is 6.94. The first-order chi connectivity index (χ1) is 11.6. The third-order valence-corrected chi connectivity index (χ3v) is 4.62. The first-order valence-corrected chi connectivity index (χ1v) is 8.56. The van der Waals surface area contributed by atoms with Crippen molar-refractivity contribution in [2.45, 2.75) is 6.54 Å². The summed E-state index contributed by atoms with van der Waals surface area (Å²) in [4.78, 5) is 33.0. The van der Waals surface area contributed by atoms with Crippen molar-refractivity contribution in [2.75, 3.05) is 6.54 Å². The summed E-state index contributed by atoms with van der Waals surface area (Å²) in [5, 5.41) is 2.45. The van der Waals surface area contributed by atoms with Crippen LogP contribution < -0.4 is 5.56 Å². The number of hydrogen-bond donors (Lipinski definition) is 2. The molecule has 0 aliphatic heterocycles. The second-order valence-electron chi connectivity index (χ2n) is 5.22. The highest BCUT2D eigenvalue weighted by atomic mass is 32.1. The van der Waals surface area contributed by atoms with Crippen LogP contribution >= 0.6 is 23.6 Å². The van der Waals surface area contributed by atoms with Crippen LogP contribution in [0, 0.1) is 4.77 Å². The van der Waals surface area contributed by atoms with Crippen molar-refractivity contribution in [3.05, 3.63) is 73.9 Å². The molecule has 0 atom stereocenters. The Morgan fingerprint density at radius 3 is 2.88 bits per heavy atom. The van der Waals surface area contributed by atoms with Crippen molar-refractivity contribution >= 4 is 40.4 Å². The van der Waals surface area contributed by atoms with Crippen molar-refractivity contribution in [3.8, 4) is 0 Å². The van der Waals surface area contributed by atoms with E-state index in [0.717, 1.165) is 4.88 Å². The Kier molecular flexibility index (Phi) is 4.73. The van der Waals surface area contributed by atoms with Gasteiger partial charge in [-0.25, -0.2) is 0 Å². The topological polar surface area (TPSA) is 69.0 Å². The van der Waals surface area contributed by atoms with E-state index in [0.29, 0.717) is 29.6 Å². The zero-order valence-electron chi connectivity index (χ0n) is 12.7. The van der Waals surface area contributed by atoms with E-state index in [-0.39, 0.29) is 16.2 Å². The van der Waals surface area contributed by atoms with Gasteiger partial charge in [-0.05, 0) is 41.9 Å². The molecule has 24 heavy (non-hydrogen) atoms. The molecule has 0 aliphatic rings. The molecule has 7 heteroatoms. The maximum absolute atomic E-state index is 12.8. The minimum Gasteiger partial charge on any atom is -0.332 e. The number of aromatic nitrogens is 2. The van der Waals surface area contributed by atoms with Crippen molar-refractivity contribution in [1.29, 1.82) is 0 Å². The summed E-state index contributed by atoms with van der Waals surface area (Å²) >= 11 is 6.59. The van der Waals surface area contributed by atoms with Crippen molar-refractivity contribution in [2.24, 2.45) is 0 Å². The normalized spacial score (nSPS) is 10.7. The smallest absolute Gasteiger partial charge is 0.259 e. The van der Waals surface area contributed by atoms with E-state index in [1.54, 1.807) is 40.5 Å². The summed E-state index contributed by atoms with van der Waals surface area (Å²) in [7, 11) is 0. The number of aromatic amines is 2. The predicted octanol–water partition coefficient (Wildman–Crippen LogP) is 3.48. The Balaban J connectivity index is 1.97. The SMILES string of the molecule is C=CCN(Cc1cccs1)C(=O)c1ccc2c(=O)[nH]c(=S)[nH]c2c1. The predicted molar refractivity (Wildman–Crippen MR) is 99.0 cm³/mol. The van der Waals surface area contributed by atoms with E-state index < -0.39 is 0 Å². The number of rotatable bonds is 5. The number of hydrogen-bond acceptors (Lipinski definition) is 4. The number of carbonyl (C=O) groups excluding carboxylic acids is 1. The molecule has 0 fully saturated rings. The fraction of sp³-hybridized carbons (Fsp3) is 0.118. The number of H-pyrrole nitrogens is 2. The molecule has 0 saturated heterocycles. The number of carbonyl (C=O) groups is 1. The Bertz CT molecular complexity index is 1000. The van der Waals surface area contributed by atoms with E-state index >= 15 is 0 Å². The van der Waals surface area contributed by atoms with E-state index in [9.17, 15) is 9.59 Å². The lowest BCUT2D eigenvalue weighted by molar-refractivity contribution is 0.0764. The molecule has 0 spiro atoms. The molecule has 2 aromatic heterocycles. The van der Waals surface area contributed by atoms with E-state index in [2.05, 4.69) is 16.5 Å². The van der Waals surface area contributed by atoms with Gasteiger partial charge < -0.3 is 9.88 Å². The van der Waals surface area contributed by atoms with Gasteiger partial charge in [0.15, 0.2) is 4.77 Å². The van der Waals surface area contributed by atoms with Gasteiger partial charge in [0.1, 0.15) is 0 Å². The lowest BCUT2D eigenvalue weighted by Crippen LogP contribution is -2.30. The number of thiophene rings is 1. The molecule has 3 aromatic rings. The fourth-order valence-corrected chi connectivity index (χ4v) is 3.37. The van der Waals surface area contributed by atoms with Crippen molar-refractivity contribution < 1.29 is 4.79 Å². The molecule has 0 saturated carbocycles. The largest absolute Gasteiger partial charge is 0.332 e. The van der Waals surface area contributed by atoms with Gasteiger partial charge in [-0.3, -0.25) is 14.6 Å². The molecule has 0 radical (unpaired) electrons. The molecular formula is C17H15N3O2S2. The van der Waals surface area contributed by atoms with E-state index in [1.165, 1.54) is 0 Å². The Morgan fingerprint density at radius 1 is 1.33 bits per heavy atom. The number of amides is 1. The highest BCUT2D eigenvalue weighted by Gasteiger charge is 2.16. The summed E-state index contributed by atoms with van der Waals surface area (Å²) in [5.74, 6) is -0.121. The van der Waals surface area contributed by atoms with Gasteiger partial charge in [-0.1, -0.05) is 12.1 Å². The minimum atomic E-state index is -0.269. The van der Waals surface area contributed by atoms with Crippen LogP contribution in [0.25, 0.3) is 10.9 Å². The minimum absolute atomic E-state index is 0.121. The zero-order valence-corrected chi connectivity index (χ0v) is 14.4. The van der Waals surface area contributed by atoms with Gasteiger partial charge in [-0.2, -0.15) is 0 Å². The number of nitrogens with zero attached hydrogens (tertiary/aromatic N) is 1. The van der Waals surface area contributed by atoms with Crippen LogP contribution in [0.3, 0.4) is 0 Å². The van der Waals surface area contributed by atoms with Crippen molar-refractivity contribution in [3.63, 3.8) is 0 Å². The van der Waals surface area contributed by atoms with Crippen LogP contribution in [-0.2, 0) is 6.54 Å². The number of benzene rings is 1. The summed E-state index contributed by atoms with van der Waals surface area (Å²) in [6.45, 7) is 4.69. The van der Waals surface area contributed by atoms with Gasteiger partial charge in [0.25, 0.3) is 11.5 Å². The standard InChI is InChI=1S/C17H15N3O2S2/c1-2-7-20(10-12-4-3-8-24-12)16(22)11-5-6-13-14(9-11)18-17(23)19-15(13)21/h2-6,8-9H,1,7,10H2,(H2,18,19,21,23). The van der Waals surface area contributed by atoms with Crippen LogP contribution in [0.4, 0.5) is 0 Å². The maximum atomic E-state index is 12.8. The molecule has 1 amide bonds. The molecular weight excluding hydrogens is 342 g/mol. The van der Waals surface area contributed by atoms with E-state index in [4.69, 9.17) is 12.2 Å². The third kappa shape index (κ3) is 3.37. The molecule has 0 bridgehead atoms. The monoisotopic (exact) mass is 357 g/mol. The van der Waals surface area contributed by atoms with Crippen molar-refractivity contribution in [1.82, 2.24) is 14.9 Å². The first-order valence-electron chi connectivity index (χ1n) is 7.27. The van der Waals surface area contributed by atoms with Crippen LogP contribution in [0.5, 0.6) is 0 Å². The highest BCUT2D eigenvalue weighted by molar-refractivity contribution is 7.71. The maximum Gasteiger partial charge on any atom is 0.259 e. The zero-order chi connectivity index (χ0) is 17.1. The lowest BCUT2D eigenvalue weighted by atomic mass is 10.1. The van der Waals surface area contributed by atoms with E-state index in [1.807, 2.05) is 17.5 Å². The Hall–Kier alpha value is -2.51. The summed E-state index contributed by atoms with van der Waals surface area (Å²) < 4.78 is 0.235. The molecule has 0 unspecified atom stereocenters. The third-order valence-electron chi connectivity index (χ3n) is 3.55. The van der Waals surface area contributed by atoms with Gasteiger partial charge in [0.05, 0.1) is 17.4 Å². The molecule has 122 valence electrons. The van der Waals surface area contributed by atoms with Crippen LogP contribution in [0.15, 0.2) is 53.2 Å². The summed E-state index contributed by atoms with van der Waals surface area (Å²) in [6, 6.07) is 8.89. The Morgan fingerprint density at radius 2 is 2.17 bits per heavy atom. The molecule has 1 aromatic carbocycles. The molecule has 2 heterocycles. The molecule has 2 N–H and O–H groups in total. The van der Waals surface area contributed by atoms with Gasteiger partial charge >= 0.3 is 0 Å². The number of fused-ring (bicyclic) bond motifs is 1. The average molecular weight is 357 g/mol. The second-order valence-corrected chi connectivity index (χ2v) is 6.66. The molecule has 0 aliphatic carbocycles. The van der Waals surface area contributed by atoms with Gasteiger partial charge in [-0.15, -0.1) is 17.9 Å². The summed E-state index contributed by atoms with van der Waals surface area (Å²) in [6.07, 6.45) is 1.70. The average Bonchev–Trinajstić information content (AvgIpc) is 3.06. The summed E-state index contributed by atoms with van der Waals surface area (Å²) in [5.41, 5.74) is 0.774. The fourth-order valence-electron chi connectivity index (χ4n) is 2.45. The highest BCUT2D eigenvalue weighted by Crippen LogP contribution is 2.16. The Labute approximate surface area is 147 Å². The molecule has 3 rings (SSSR count). The van der Waals surface area contributed by atoms with Gasteiger partial charge in [0, 0.05) is 17.0 Å². The van der Waals surface area contributed by atoms with Crippen LogP contribution in [-0.4, -0.2) is 27.3 Å². The quantitative estimate of drug-likeness (QED) is 0.543. The number of nitrogens with one attached hydrogen (secondary N) is 2. The molecule has 5 nitrogen and oxygen atoms in total. The van der Waals surface area contributed by atoms with Crippen LogP contribution in [0.1, 0.15) is 15.2 Å².